The molecule has 0 radical (unpaired) electrons. The highest BCUT2D eigenvalue weighted by molar-refractivity contribution is 7.90. The lowest BCUT2D eigenvalue weighted by Crippen LogP contribution is -2.50. The number of carboxylic acid groups (broad SMARTS) is 1. The number of nitrogens with zero attached hydrogens (tertiary/aromatic N) is 1. The van der Waals surface area contributed by atoms with Crippen LogP contribution in [0.5, 0.6) is 0 Å². The summed E-state index contributed by atoms with van der Waals surface area (Å²) >= 11 is 5.86. The maximum absolute atomic E-state index is 13.2. The van der Waals surface area contributed by atoms with Crippen LogP contribution in [0.25, 0.3) is 10.9 Å². The van der Waals surface area contributed by atoms with Gasteiger partial charge >= 0.3 is 5.97 Å². The molecule has 0 spiro atoms. The number of benzene rings is 2. The summed E-state index contributed by atoms with van der Waals surface area (Å²) in [4.78, 5) is 41.4. The Balaban J connectivity index is 0.00000216. The summed E-state index contributed by atoms with van der Waals surface area (Å²) < 4.78 is 40.0. The molecule has 1 heterocycles. The molecule has 0 aliphatic rings. The summed E-state index contributed by atoms with van der Waals surface area (Å²) in [6.45, 7) is 5.46. The smallest absolute Gasteiger partial charge is 0.305 e. The van der Waals surface area contributed by atoms with Gasteiger partial charge in [-0.15, -0.1) is 0 Å². The average molecular weight is 665 g/mol. The van der Waals surface area contributed by atoms with Gasteiger partial charge < -0.3 is 15.7 Å². The summed E-state index contributed by atoms with van der Waals surface area (Å²) in [5, 5.41) is 14.8. The molecule has 2 aromatic carbocycles. The highest BCUT2D eigenvalue weighted by Crippen LogP contribution is 2.15. The normalized spacial score (nSPS) is 13.6. The number of pyridine rings is 1. The summed E-state index contributed by atoms with van der Waals surface area (Å²) in [5.41, 5.74) is 1.95. The molecule has 0 bridgehead atoms. The van der Waals surface area contributed by atoms with Gasteiger partial charge in [-0.2, -0.15) is 4.72 Å². The van der Waals surface area contributed by atoms with Crippen molar-refractivity contribution in [3.63, 3.8) is 0 Å². The lowest BCUT2D eigenvalue weighted by molar-refractivity contribution is -0.137. The third kappa shape index (κ3) is 12.2. The number of rotatable bonds is 13. The number of para-hydroxylation sites is 1. The van der Waals surface area contributed by atoms with Gasteiger partial charge in [0, 0.05) is 23.8 Å². The SMILES string of the molecule is CCC.Cc1ccc(S(=O)(=O)NC(Cc2ccc3ccccc3n2)C(=O)NCC(=O)NC(/C=C(\Cl)S(C)=O)CC(=O)O)cc1. The maximum Gasteiger partial charge on any atom is 0.305 e. The highest BCUT2D eigenvalue weighted by atomic mass is 35.5. The molecular formula is C30H37ClN4O7S2. The van der Waals surface area contributed by atoms with E-state index in [1.54, 1.807) is 36.4 Å². The number of hydrogen-bond acceptors (Lipinski definition) is 7. The summed E-state index contributed by atoms with van der Waals surface area (Å²) in [6, 6.07) is 14.5. The van der Waals surface area contributed by atoms with Crippen molar-refractivity contribution in [2.24, 2.45) is 0 Å². The Kier molecular flexibility index (Phi) is 14.6. The van der Waals surface area contributed by atoms with Crippen molar-refractivity contribution in [3.8, 4) is 0 Å². The monoisotopic (exact) mass is 664 g/mol. The van der Waals surface area contributed by atoms with E-state index in [9.17, 15) is 27.0 Å². The van der Waals surface area contributed by atoms with E-state index in [1.807, 2.05) is 19.1 Å². The van der Waals surface area contributed by atoms with Gasteiger partial charge in [0.15, 0.2) is 0 Å². The van der Waals surface area contributed by atoms with Gasteiger partial charge in [0.25, 0.3) is 0 Å². The number of fused-ring (bicyclic) bond motifs is 1. The molecule has 3 rings (SSSR count). The lowest BCUT2D eigenvalue weighted by atomic mass is 10.1. The topological polar surface area (TPSA) is 172 Å². The third-order valence-corrected chi connectivity index (χ3v) is 8.74. The number of carbonyl (C=O) groups is 3. The molecule has 0 aliphatic heterocycles. The van der Waals surface area contributed by atoms with Gasteiger partial charge in [0.05, 0.1) is 40.2 Å². The van der Waals surface area contributed by atoms with Crippen molar-refractivity contribution in [2.45, 2.75) is 57.0 Å². The Hall–Kier alpha value is -3.65. The zero-order valence-electron chi connectivity index (χ0n) is 24.9. The Labute approximate surface area is 265 Å². The van der Waals surface area contributed by atoms with E-state index in [0.717, 1.165) is 17.0 Å². The Morgan fingerprint density at radius 2 is 1.68 bits per heavy atom. The van der Waals surface area contributed by atoms with Gasteiger partial charge in [-0.05, 0) is 37.3 Å². The minimum Gasteiger partial charge on any atom is -0.481 e. The van der Waals surface area contributed by atoms with Crippen molar-refractivity contribution in [1.29, 1.82) is 0 Å². The minimum atomic E-state index is -4.13. The molecule has 0 saturated heterocycles. The molecule has 1 aromatic heterocycles. The summed E-state index contributed by atoms with van der Waals surface area (Å²) in [6.07, 6.45) is 3.03. The van der Waals surface area contributed by atoms with Crippen LogP contribution in [-0.4, -0.2) is 65.4 Å². The van der Waals surface area contributed by atoms with Gasteiger partial charge in [0.1, 0.15) is 10.4 Å². The molecule has 4 N–H and O–H groups in total. The van der Waals surface area contributed by atoms with E-state index in [4.69, 9.17) is 16.7 Å². The van der Waals surface area contributed by atoms with E-state index in [1.165, 1.54) is 24.8 Å². The van der Waals surface area contributed by atoms with Crippen molar-refractivity contribution in [3.05, 3.63) is 82.4 Å². The molecule has 11 nitrogen and oxygen atoms in total. The molecule has 3 aromatic rings. The minimum absolute atomic E-state index is 0.0430. The van der Waals surface area contributed by atoms with Crippen molar-refractivity contribution in [2.75, 3.05) is 12.8 Å². The first-order valence-electron chi connectivity index (χ1n) is 13.7. The highest BCUT2D eigenvalue weighted by Gasteiger charge is 2.27. The average Bonchev–Trinajstić information content (AvgIpc) is 2.95. The third-order valence-electron chi connectivity index (χ3n) is 5.79. The molecule has 238 valence electrons. The zero-order valence-corrected chi connectivity index (χ0v) is 27.3. The Morgan fingerprint density at radius 1 is 1.05 bits per heavy atom. The van der Waals surface area contributed by atoms with Crippen LogP contribution in [-0.2, 0) is 41.6 Å². The number of nitrogens with one attached hydrogen (secondary N) is 3. The first-order valence-corrected chi connectivity index (χ1v) is 17.1. The second kappa shape index (κ2) is 17.6. The van der Waals surface area contributed by atoms with Crippen LogP contribution in [0.3, 0.4) is 0 Å². The molecule has 2 amide bonds. The van der Waals surface area contributed by atoms with Crippen LogP contribution in [0.4, 0.5) is 0 Å². The van der Waals surface area contributed by atoms with E-state index in [2.05, 4.69) is 34.2 Å². The predicted octanol–water partition coefficient (Wildman–Crippen LogP) is 3.38. The number of hydrogen-bond donors (Lipinski definition) is 4. The molecule has 14 heteroatoms. The second-order valence-electron chi connectivity index (χ2n) is 9.81. The summed E-state index contributed by atoms with van der Waals surface area (Å²) in [7, 11) is -5.72. The Morgan fingerprint density at radius 3 is 2.30 bits per heavy atom. The fraction of sp³-hybridized carbons (Fsp3) is 0.333. The number of aliphatic carboxylic acids is 1. The van der Waals surface area contributed by atoms with Crippen LogP contribution in [0, 0.1) is 6.92 Å². The number of aryl methyl sites for hydroxylation is 1. The number of halogens is 1. The van der Waals surface area contributed by atoms with Crippen LogP contribution in [0.15, 0.2) is 76.0 Å². The molecule has 0 aliphatic carbocycles. The van der Waals surface area contributed by atoms with Gasteiger partial charge in [0.2, 0.25) is 21.8 Å². The largest absolute Gasteiger partial charge is 0.481 e. The molecule has 44 heavy (non-hydrogen) atoms. The van der Waals surface area contributed by atoms with Crippen molar-refractivity contribution < 1.29 is 32.1 Å². The Bertz CT molecular complexity index is 1610. The first-order chi connectivity index (χ1) is 20.7. The molecule has 3 unspecified atom stereocenters. The predicted molar refractivity (Wildman–Crippen MR) is 172 cm³/mol. The van der Waals surface area contributed by atoms with E-state index in [-0.39, 0.29) is 15.7 Å². The van der Waals surface area contributed by atoms with Crippen LogP contribution < -0.4 is 15.4 Å². The second-order valence-corrected chi connectivity index (χ2v) is 13.5. The zero-order chi connectivity index (χ0) is 32.9. The standard InChI is InChI=1S/C27H29ClN4O7S2.C3H8/c1-17-7-11-21(12-8-17)41(38,39)32-23(13-19-10-9-18-5-3-4-6-22(18)30-19)27(36)29-16-25(33)31-20(15-26(34)35)14-24(28)40(2)37;1-3-2/h3-12,14,20,23,32H,13,15-16H2,1-2H3,(H,29,36)(H,31,33)(H,34,35);3H2,1-2H3/b24-14+;. The fourth-order valence-corrected chi connectivity index (χ4v) is 5.44. The molecule has 3 atom stereocenters. The molecular weight excluding hydrogens is 628 g/mol. The quantitative estimate of drug-likeness (QED) is 0.215. The lowest BCUT2D eigenvalue weighted by Gasteiger charge is -2.19. The van der Waals surface area contributed by atoms with Crippen molar-refractivity contribution in [1.82, 2.24) is 20.3 Å². The van der Waals surface area contributed by atoms with Crippen LogP contribution in [0.1, 0.15) is 37.9 Å². The molecule has 0 fully saturated rings. The van der Waals surface area contributed by atoms with Crippen molar-refractivity contribution >= 4 is 61.1 Å². The number of sulfonamides is 1. The first kappa shape index (κ1) is 36.5. The maximum atomic E-state index is 13.2. The number of aromatic nitrogens is 1. The van der Waals surface area contributed by atoms with Crippen LogP contribution in [0.2, 0.25) is 0 Å². The van der Waals surface area contributed by atoms with E-state index in [0.29, 0.717) is 11.2 Å². The van der Waals surface area contributed by atoms with E-state index >= 15 is 0 Å². The van der Waals surface area contributed by atoms with E-state index < -0.39 is 63.7 Å². The summed E-state index contributed by atoms with van der Waals surface area (Å²) in [5.74, 6) is -2.81. The number of carbonyl (C=O) groups excluding carboxylic acids is 2. The fourth-order valence-electron chi connectivity index (χ4n) is 3.73. The number of amides is 2. The molecule has 0 saturated carbocycles. The van der Waals surface area contributed by atoms with Gasteiger partial charge in [-0.1, -0.05) is 73.8 Å². The number of carboxylic acids is 1. The van der Waals surface area contributed by atoms with Gasteiger partial charge in [-0.3, -0.25) is 23.6 Å². The van der Waals surface area contributed by atoms with Gasteiger partial charge in [-0.25, -0.2) is 8.42 Å². The van der Waals surface area contributed by atoms with Crippen LogP contribution >= 0.6 is 11.6 Å².